The molecule has 0 aliphatic rings. The normalized spacial score (nSPS) is 12.9. The Morgan fingerprint density at radius 1 is 0.256 bits per heavy atom. The summed E-state index contributed by atoms with van der Waals surface area (Å²) >= 11 is 0. The maximum atomic E-state index is 12.9. The van der Waals surface area contributed by atoms with E-state index in [0.29, 0.717) is 19.3 Å². The zero-order valence-corrected chi connectivity index (χ0v) is 53.7. The lowest BCUT2D eigenvalue weighted by Crippen LogP contribution is -2.30. The van der Waals surface area contributed by atoms with Gasteiger partial charge < -0.3 is 14.2 Å². The van der Waals surface area contributed by atoms with E-state index in [1.165, 1.54) is 173 Å². The maximum Gasteiger partial charge on any atom is 0.306 e. The van der Waals surface area contributed by atoms with E-state index in [1.807, 2.05) is 6.08 Å². The van der Waals surface area contributed by atoms with Crippen LogP contribution in [0, 0.1) is 0 Å². The van der Waals surface area contributed by atoms with Gasteiger partial charge in [-0.05, 0) is 116 Å². The number of unbranched alkanes of at least 4 members (excludes halogenated alkanes) is 31. The lowest BCUT2D eigenvalue weighted by atomic mass is 10.0. The fourth-order valence-electron chi connectivity index (χ4n) is 9.60. The van der Waals surface area contributed by atoms with Crippen LogP contribution in [0.25, 0.3) is 0 Å². The number of ether oxygens (including phenoxy) is 3. The van der Waals surface area contributed by atoms with Crippen molar-refractivity contribution < 1.29 is 28.6 Å². The molecule has 0 aliphatic heterocycles. The summed E-state index contributed by atoms with van der Waals surface area (Å²) in [4.78, 5) is 38.3. The van der Waals surface area contributed by atoms with Gasteiger partial charge in [0.2, 0.25) is 0 Å². The molecule has 0 saturated carbocycles. The number of allylic oxidation sites excluding steroid dienone is 20. The number of hydrogen-bond donors (Lipinski definition) is 0. The summed E-state index contributed by atoms with van der Waals surface area (Å²) in [5.74, 6) is -0.985. The van der Waals surface area contributed by atoms with Crippen LogP contribution in [0.1, 0.15) is 323 Å². The fourth-order valence-corrected chi connectivity index (χ4v) is 9.60. The SMILES string of the molecule is CC/C=C\C/C=C\C/C=C\C/C=C\CCCCCCCCCCCCCCCCCCCCCCC(=O)OCC(COC(=O)CC/C=C\C/C=C\C/C=C\C/C=C\CC)OC(=O)CCCCCCCCC/C=C\C/C=C\CCCCCC. The molecule has 6 heteroatoms. The predicted molar refractivity (Wildman–Crippen MR) is 357 cm³/mol. The van der Waals surface area contributed by atoms with Gasteiger partial charge in [-0.15, -0.1) is 0 Å². The smallest absolute Gasteiger partial charge is 0.306 e. The molecule has 0 heterocycles. The molecule has 0 aromatic heterocycles. The van der Waals surface area contributed by atoms with E-state index in [4.69, 9.17) is 14.2 Å². The molecule has 0 aromatic rings. The second-order valence-corrected chi connectivity index (χ2v) is 22.7. The monoisotopic (exact) mass is 1140 g/mol. The molecule has 0 saturated heterocycles. The van der Waals surface area contributed by atoms with Crippen molar-refractivity contribution in [1.29, 1.82) is 0 Å². The molecule has 0 aromatic carbocycles. The molecule has 82 heavy (non-hydrogen) atoms. The van der Waals surface area contributed by atoms with E-state index in [-0.39, 0.29) is 37.5 Å². The topological polar surface area (TPSA) is 78.9 Å². The number of carbonyl (C=O) groups excluding carboxylic acids is 3. The molecular weight excluding hydrogens is 1010 g/mol. The molecule has 0 radical (unpaired) electrons. The zero-order chi connectivity index (χ0) is 59.2. The van der Waals surface area contributed by atoms with Crippen molar-refractivity contribution in [3.8, 4) is 0 Å². The van der Waals surface area contributed by atoms with Crippen molar-refractivity contribution in [2.24, 2.45) is 0 Å². The molecule has 0 fully saturated rings. The minimum atomic E-state index is -0.813. The first-order chi connectivity index (χ1) is 40.5. The Hall–Kier alpha value is -4.19. The number of rotatable bonds is 62. The molecule has 0 spiro atoms. The van der Waals surface area contributed by atoms with Gasteiger partial charge in [0.15, 0.2) is 6.10 Å². The standard InChI is InChI=1S/C76H128O6/c1-4-7-10-13-16-19-22-25-27-29-31-32-33-34-35-36-37-38-39-40-41-42-43-44-45-47-48-51-54-57-60-63-66-69-75(78)81-72-73(71-80-74(77)68-65-62-59-56-53-50-24-21-18-15-12-9-6-3)82-76(79)70-67-64-61-58-55-52-49-46-30-28-26-23-20-17-14-11-8-5-2/h7,9-10,12,16,18-21,23,25,27-28,30-32,50,53,59,62,73H,4-6,8,11,13-15,17,22,24,26,29,33-49,51-52,54-58,60-61,63-72H2,1-3H3/b10-7-,12-9-,19-16-,21-18-,23-20-,27-25-,30-28-,32-31-,53-50-,62-59-. The molecule has 468 valence electrons. The van der Waals surface area contributed by atoms with Crippen LogP contribution < -0.4 is 0 Å². The molecule has 0 N–H and O–H groups in total. The van der Waals surface area contributed by atoms with Crippen molar-refractivity contribution >= 4 is 17.9 Å². The highest BCUT2D eigenvalue weighted by molar-refractivity contribution is 5.71. The summed E-state index contributed by atoms with van der Waals surface area (Å²) in [5.41, 5.74) is 0. The largest absolute Gasteiger partial charge is 0.462 e. The quantitative estimate of drug-likeness (QED) is 0.0261. The van der Waals surface area contributed by atoms with Gasteiger partial charge in [0.05, 0.1) is 0 Å². The van der Waals surface area contributed by atoms with Crippen LogP contribution in [0.5, 0.6) is 0 Å². The van der Waals surface area contributed by atoms with Crippen LogP contribution in [-0.4, -0.2) is 37.2 Å². The third-order valence-corrected chi connectivity index (χ3v) is 14.7. The van der Waals surface area contributed by atoms with Gasteiger partial charge in [-0.3, -0.25) is 14.4 Å². The molecule has 0 aliphatic carbocycles. The molecule has 0 bridgehead atoms. The summed E-state index contributed by atoms with van der Waals surface area (Å²) in [7, 11) is 0. The second-order valence-electron chi connectivity index (χ2n) is 22.7. The van der Waals surface area contributed by atoms with Gasteiger partial charge in [0.25, 0.3) is 0 Å². The Morgan fingerprint density at radius 3 is 0.817 bits per heavy atom. The lowest BCUT2D eigenvalue weighted by molar-refractivity contribution is -0.166. The Balaban J connectivity index is 4.21. The zero-order valence-electron chi connectivity index (χ0n) is 53.7. The Kier molecular flexibility index (Phi) is 65.8. The van der Waals surface area contributed by atoms with Crippen molar-refractivity contribution in [3.05, 3.63) is 122 Å². The highest BCUT2D eigenvalue weighted by Crippen LogP contribution is 2.17. The van der Waals surface area contributed by atoms with Crippen LogP contribution in [0.2, 0.25) is 0 Å². The number of carbonyl (C=O) groups is 3. The Morgan fingerprint density at radius 2 is 0.500 bits per heavy atom. The molecular formula is C76H128O6. The van der Waals surface area contributed by atoms with E-state index < -0.39 is 6.10 Å². The first-order valence-electron chi connectivity index (χ1n) is 34.5. The van der Waals surface area contributed by atoms with Crippen LogP contribution in [0.15, 0.2) is 122 Å². The van der Waals surface area contributed by atoms with E-state index in [1.54, 1.807) is 0 Å². The van der Waals surface area contributed by atoms with E-state index >= 15 is 0 Å². The number of hydrogen-bond acceptors (Lipinski definition) is 6. The van der Waals surface area contributed by atoms with Crippen molar-refractivity contribution in [3.63, 3.8) is 0 Å². The third kappa shape index (κ3) is 66.6. The number of esters is 3. The summed E-state index contributed by atoms with van der Waals surface area (Å²) in [6.07, 6.45) is 96.8. The molecule has 0 rings (SSSR count). The highest BCUT2D eigenvalue weighted by Gasteiger charge is 2.19. The Bertz CT molecular complexity index is 1690. The average molecular weight is 1140 g/mol. The van der Waals surface area contributed by atoms with Gasteiger partial charge in [0, 0.05) is 19.3 Å². The van der Waals surface area contributed by atoms with Gasteiger partial charge in [-0.2, -0.15) is 0 Å². The van der Waals surface area contributed by atoms with Crippen molar-refractivity contribution in [2.75, 3.05) is 13.2 Å². The average Bonchev–Trinajstić information content (AvgIpc) is 3.47. The summed E-state index contributed by atoms with van der Waals surface area (Å²) in [5, 5.41) is 0. The second kappa shape index (κ2) is 69.3. The summed E-state index contributed by atoms with van der Waals surface area (Å²) in [6, 6.07) is 0. The highest BCUT2D eigenvalue weighted by atomic mass is 16.6. The van der Waals surface area contributed by atoms with Crippen molar-refractivity contribution in [2.45, 2.75) is 329 Å². The predicted octanol–water partition coefficient (Wildman–Crippen LogP) is 23.9. The van der Waals surface area contributed by atoms with Crippen LogP contribution in [0.3, 0.4) is 0 Å². The summed E-state index contributed by atoms with van der Waals surface area (Å²) < 4.78 is 16.9. The third-order valence-electron chi connectivity index (χ3n) is 14.7. The van der Waals surface area contributed by atoms with E-state index in [9.17, 15) is 14.4 Å². The van der Waals surface area contributed by atoms with Crippen LogP contribution >= 0.6 is 0 Å². The molecule has 6 nitrogen and oxygen atoms in total. The minimum Gasteiger partial charge on any atom is -0.462 e. The van der Waals surface area contributed by atoms with Crippen LogP contribution in [-0.2, 0) is 28.6 Å². The molecule has 1 atom stereocenters. The van der Waals surface area contributed by atoms with E-state index in [0.717, 1.165) is 103 Å². The lowest BCUT2D eigenvalue weighted by Gasteiger charge is -2.18. The van der Waals surface area contributed by atoms with Gasteiger partial charge in [0.1, 0.15) is 13.2 Å². The van der Waals surface area contributed by atoms with Crippen molar-refractivity contribution in [1.82, 2.24) is 0 Å². The van der Waals surface area contributed by atoms with Gasteiger partial charge in [-0.25, -0.2) is 0 Å². The molecule has 1 unspecified atom stereocenters. The molecule has 0 amide bonds. The first kappa shape index (κ1) is 77.8. The van der Waals surface area contributed by atoms with E-state index in [2.05, 4.69) is 136 Å². The fraction of sp³-hybridized carbons (Fsp3) is 0.697. The first-order valence-corrected chi connectivity index (χ1v) is 34.5. The Labute approximate surface area is 507 Å². The summed E-state index contributed by atoms with van der Waals surface area (Å²) in [6.45, 7) is 6.35. The van der Waals surface area contributed by atoms with Gasteiger partial charge in [-0.1, -0.05) is 309 Å². The van der Waals surface area contributed by atoms with Crippen LogP contribution in [0.4, 0.5) is 0 Å². The minimum absolute atomic E-state index is 0.102. The maximum absolute atomic E-state index is 12.9. The van der Waals surface area contributed by atoms with Gasteiger partial charge >= 0.3 is 17.9 Å².